The molecule has 0 nitrogen and oxygen atoms in total. The first kappa shape index (κ1) is 15.6. The van der Waals surface area contributed by atoms with E-state index in [1.165, 1.54) is 5.56 Å². The summed E-state index contributed by atoms with van der Waals surface area (Å²) in [5, 5.41) is 0. The average molecular weight is 248 g/mol. The van der Waals surface area contributed by atoms with Crippen molar-refractivity contribution in [3.8, 4) is 0 Å². The van der Waals surface area contributed by atoms with Gasteiger partial charge in [-0.3, -0.25) is 0 Å². The van der Waals surface area contributed by atoms with Gasteiger partial charge in [-0.15, -0.1) is 0 Å². The van der Waals surface area contributed by atoms with E-state index in [4.69, 9.17) is 0 Å². The van der Waals surface area contributed by atoms with Crippen molar-refractivity contribution in [2.75, 3.05) is 0 Å². The minimum Gasteiger partial charge on any atom is -1.00 e. The number of hydrogen-bond donors (Lipinski definition) is 0. The fourth-order valence-electron chi connectivity index (χ4n) is 1.04. The van der Waals surface area contributed by atoms with Crippen LogP contribution in [0.4, 0.5) is 0 Å². The molecule has 13 heavy (non-hydrogen) atoms. The quantitative estimate of drug-likeness (QED) is 0.655. The third-order valence-corrected chi connectivity index (χ3v) is 2.25. The first-order valence-corrected chi connectivity index (χ1v) is 4.07. The van der Waals surface area contributed by atoms with Crippen LogP contribution in [0.15, 0.2) is 30.3 Å². The number of hydrogen-bond acceptors (Lipinski definition) is 0. The second-order valence-electron chi connectivity index (χ2n) is 3.28. The molecule has 1 radical (unpaired) electrons. The Morgan fingerprint density at radius 1 is 1.23 bits per heavy atom. The third kappa shape index (κ3) is 4.24. The summed E-state index contributed by atoms with van der Waals surface area (Å²) in [4.78, 5) is 0. The number of halogens is 1. The predicted molar refractivity (Wildman–Crippen MR) is 49.4 cm³/mol. The van der Waals surface area contributed by atoms with Crippen molar-refractivity contribution in [2.24, 2.45) is 0 Å². The molecule has 0 spiro atoms. The van der Waals surface area contributed by atoms with Gasteiger partial charge in [-0.2, -0.15) is 0 Å². The van der Waals surface area contributed by atoms with Crippen LogP contribution < -0.4 is 12.4 Å². The molecule has 1 aromatic carbocycles. The minimum atomic E-state index is 0. The van der Waals surface area contributed by atoms with E-state index in [2.05, 4.69) is 45.0 Å². The maximum Gasteiger partial charge on any atom is 0 e. The number of rotatable bonds is 2. The van der Waals surface area contributed by atoms with Crippen molar-refractivity contribution >= 4 is 0 Å². The Morgan fingerprint density at radius 3 is 2.08 bits per heavy atom. The summed E-state index contributed by atoms with van der Waals surface area (Å²) in [7, 11) is 0. The predicted octanol–water partition coefficient (Wildman–Crippen LogP) is 0.190. The molecule has 0 aliphatic heterocycles. The van der Waals surface area contributed by atoms with Gasteiger partial charge in [-0.1, -0.05) is 44.2 Å². The molecule has 0 saturated carbocycles. The first-order valence-electron chi connectivity index (χ1n) is 4.07. The molecule has 1 unspecified atom stereocenters. The molecule has 69 valence electrons. The Morgan fingerprint density at radius 2 is 1.69 bits per heavy atom. The molecule has 0 heterocycles. The Kier molecular flexibility index (Phi) is 7.88. The molecule has 1 aromatic rings. The van der Waals surface area contributed by atoms with Gasteiger partial charge in [0.25, 0.3) is 0 Å². The van der Waals surface area contributed by atoms with Gasteiger partial charge >= 0.3 is 0 Å². The molecule has 0 fully saturated rings. The first-order chi connectivity index (χ1) is 5.17. The fourth-order valence-corrected chi connectivity index (χ4v) is 1.04. The summed E-state index contributed by atoms with van der Waals surface area (Å²) in [5.41, 5.74) is 1.41. The molecule has 0 N–H and O–H groups in total. The minimum absolute atomic E-state index is 0. The molecular weight excluding hydrogens is 233 g/mol. The molecular formula is C11H15ClZn-. The second kappa shape index (κ2) is 6.57. The van der Waals surface area contributed by atoms with Crippen LogP contribution in [0.25, 0.3) is 0 Å². The Balaban J connectivity index is 0. The van der Waals surface area contributed by atoms with Crippen molar-refractivity contribution in [3.05, 3.63) is 42.8 Å². The van der Waals surface area contributed by atoms with Gasteiger partial charge in [-0.25, -0.2) is 0 Å². The fraction of sp³-hybridized carbons (Fsp3) is 0.364. The van der Waals surface area contributed by atoms with Crippen molar-refractivity contribution in [1.82, 2.24) is 0 Å². The van der Waals surface area contributed by atoms with E-state index in [1.807, 2.05) is 6.07 Å². The maximum absolute atomic E-state index is 4.16. The molecule has 2 heteroatoms. The van der Waals surface area contributed by atoms with Crippen LogP contribution in [0, 0.1) is 6.92 Å². The van der Waals surface area contributed by atoms with Crippen molar-refractivity contribution in [3.63, 3.8) is 0 Å². The molecule has 0 bridgehead atoms. The van der Waals surface area contributed by atoms with Gasteiger partial charge in [0.2, 0.25) is 0 Å². The summed E-state index contributed by atoms with van der Waals surface area (Å²) in [6, 6.07) is 10.4. The molecule has 1 rings (SSSR count). The zero-order chi connectivity index (χ0) is 8.32. The Bertz CT molecular complexity index is 219. The van der Waals surface area contributed by atoms with Gasteiger partial charge in [0, 0.05) is 19.5 Å². The average Bonchev–Trinajstić information content (AvgIpc) is 2.06. The van der Waals surface area contributed by atoms with E-state index in [0.717, 1.165) is 6.42 Å². The van der Waals surface area contributed by atoms with Gasteiger partial charge in [0.05, 0.1) is 0 Å². The SMILES string of the molecule is [CH2]C(C)(CC)c1ccccc1.[Cl-].[Zn]. The van der Waals surface area contributed by atoms with Crippen molar-refractivity contribution < 1.29 is 31.9 Å². The molecule has 0 saturated heterocycles. The van der Waals surface area contributed by atoms with Crippen molar-refractivity contribution in [1.29, 1.82) is 0 Å². The largest absolute Gasteiger partial charge is 1.00 e. The molecule has 0 aliphatic carbocycles. The summed E-state index contributed by atoms with van der Waals surface area (Å²) < 4.78 is 0. The van der Waals surface area contributed by atoms with Gasteiger partial charge < -0.3 is 12.4 Å². The standard InChI is InChI=1S/C11H15.ClH.Zn/c1-4-11(2,3)10-8-6-5-7-9-10;;/h5-9H,2,4H2,1,3H3;1H;/p-1. The van der Waals surface area contributed by atoms with Crippen LogP contribution >= 0.6 is 0 Å². The van der Waals surface area contributed by atoms with Crippen LogP contribution in [0.1, 0.15) is 25.8 Å². The summed E-state index contributed by atoms with van der Waals surface area (Å²) >= 11 is 0. The summed E-state index contributed by atoms with van der Waals surface area (Å²) in [6.07, 6.45) is 1.08. The topological polar surface area (TPSA) is 0 Å². The monoisotopic (exact) mass is 246 g/mol. The summed E-state index contributed by atoms with van der Waals surface area (Å²) in [6.45, 7) is 8.49. The van der Waals surface area contributed by atoms with Crippen LogP contribution in [-0.2, 0) is 24.9 Å². The van der Waals surface area contributed by atoms with E-state index in [1.54, 1.807) is 0 Å². The van der Waals surface area contributed by atoms with E-state index in [0.29, 0.717) is 0 Å². The van der Waals surface area contributed by atoms with E-state index in [-0.39, 0.29) is 37.3 Å². The molecule has 1 atom stereocenters. The Hall–Kier alpha value is 0.133. The van der Waals surface area contributed by atoms with Gasteiger partial charge in [-0.05, 0) is 24.3 Å². The maximum atomic E-state index is 4.16. The van der Waals surface area contributed by atoms with Crippen LogP contribution in [0.5, 0.6) is 0 Å². The Labute approximate surface area is 100 Å². The van der Waals surface area contributed by atoms with Gasteiger partial charge in [0.15, 0.2) is 0 Å². The zero-order valence-electron chi connectivity index (χ0n) is 8.39. The number of benzene rings is 1. The van der Waals surface area contributed by atoms with Crippen LogP contribution in [0.3, 0.4) is 0 Å². The van der Waals surface area contributed by atoms with Crippen LogP contribution in [-0.4, -0.2) is 0 Å². The van der Waals surface area contributed by atoms with E-state index in [9.17, 15) is 0 Å². The summed E-state index contributed by atoms with van der Waals surface area (Å²) in [5.74, 6) is 0. The molecule has 0 aromatic heterocycles. The second-order valence-corrected chi connectivity index (χ2v) is 3.28. The van der Waals surface area contributed by atoms with Gasteiger partial charge in [0.1, 0.15) is 0 Å². The van der Waals surface area contributed by atoms with Crippen molar-refractivity contribution in [2.45, 2.75) is 25.7 Å². The van der Waals surface area contributed by atoms with E-state index >= 15 is 0 Å². The zero-order valence-corrected chi connectivity index (χ0v) is 12.1. The normalized spacial score (nSPS) is 9.77. The third-order valence-electron chi connectivity index (χ3n) is 2.25. The molecule has 0 amide bonds. The molecule has 0 aliphatic rings. The van der Waals surface area contributed by atoms with E-state index < -0.39 is 0 Å². The smallest absolute Gasteiger partial charge is 0 e. The van der Waals surface area contributed by atoms with Crippen LogP contribution in [0.2, 0.25) is 0 Å².